The molecule has 0 fully saturated rings. The largest absolute Gasteiger partial charge is 0.462 e. The number of aromatic nitrogens is 5. The van der Waals surface area contributed by atoms with Crippen LogP contribution in [0.4, 0.5) is 44.8 Å². The van der Waals surface area contributed by atoms with E-state index in [1.54, 1.807) is 17.6 Å². The van der Waals surface area contributed by atoms with E-state index in [1.807, 2.05) is 61.1 Å². The van der Waals surface area contributed by atoms with Crippen LogP contribution >= 0.6 is 11.3 Å². The van der Waals surface area contributed by atoms with E-state index in [-0.39, 0.29) is 5.41 Å². The molecule has 582 valence electrons. The van der Waals surface area contributed by atoms with E-state index in [9.17, 15) is 0 Å². The normalized spacial score (nSPS) is 13.1. The van der Waals surface area contributed by atoms with Crippen LogP contribution in [0.25, 0.3) is 145 Å². The van der Waals surface area contributed by atoms with Gasteiger partial charge in [0.05, 0.1) is 73.4 Å². The number of benzene rings is 13. The number of rotatable bonds is 10. The van der Waals surface area contributed by atoms with Crippen LogP contribution < -0.4 is 14.7 Å². The van der Waals surface area contributed by atoms with Gasteiger partial charge in [0.2, 0.25) is 0 Å². The highest BCUT2D eigenvalue weighted by Crippen LogP contribution is 2.65. The van der Waals surface area contributed by atoms with Crippen molar-refractivity contribution in [2.45, 2.75) is 13.8 Å². The minimum absolute atomic E-state index is 0.357. The molecule has 0 bridgehead atoms. The number of hydrogen-bond donors (Lipinski definition) is 0. The predicted octanol–water partition coefficient (Wildman–Crippen LogP) is 30.5. The minimum atomic E-state index is -0.357. The molecule has 10 heterocycles. The van der Waals surface area contributed by atoms with E-state index in [2.05, 4.69) is 408 Å². The molecule has 123 heavy (non-hydrogen) atoms. The van der Waals surface area contributed by atoms with Crippen molar-refractivity contribution < 1.29 is 4.42 Å². The number of furan rings is 1. The second-order valence-corrected chi connectivity index (χ2v) is 32.5. The molecule has 9 nitrogen and oxygen atoms in total. The van der Waals surface area contributed by atoms with Crippen molar-refractivity contribution in [1.82, 2.24) is 24.5 Å². The van der Waals surface area contributed by atoms with Gasteiger partial charge in [-0.25, -0.2) is 4.98 Å². The highest BCUT2D eigenvalue weighted by Gasteiger charge is 2.47. The van der Waals surface area contributed by atoms with Crippen molar-refractivity contribution in [3.8, 4) is 106 Å². The fourth-order valence-electron chi connectivity index (χ4n) is 18.8. The molecular formula is C113H78N8OS. The van der Waals surface area contributed by atoms with Crippen LogP contribution in [-0.4, -0.2) is 24.5 Å². The minimum Gasteiger partial charge on any atom is -0.462 e. The molecule has 24 rings (SSSR count). The molecule has 7 aromatic heterocycles. The van der Waals surface area contributed by atoms with Crippen LogP contribution in [0.15, 0.2) is 447 Å². The number of thiophene rings is 1. The first-order valence-corrected chi connectivity index (χ1v) is 42.5. The molecule has 0 saturated heterocycles. The Morgan fingerprint density at radius 3 is 1.38 bits per heavy atom. The van der Waals surface area contributed by atoms with Gasteiger partial charge in [0, 0.05) is 114 Å². The summed E-state index contributed by atoms with van der Waals surface area (Å²) in [5, 5.41) is 3.63. The van der Waals surface area contributed by atoms with Crippen molar-refractivity contribution in [1.29, 1.82) is 0 Å². The average molecular weight is 1600 g/mol. The van der Waals surface area contributed by atoms with Gasteiger partial charge >= 0.3 is 0 Å². The zero-order valence-electron chi connectivity index (χ0n) is 67.5. The fraction of sp³-hybridized carbons (Fsp3) is 0.0265. The molecule has 4 aliphatic rings. The summed E-state index contributed by atoms with van der Waals surface area (Å²) in [5.41, 5.74) is 37.4. The average Bonchev–Trinajstić information content (AvgIpc) is 1.41. The predicted molar refractivity (Wildman–Crippen MR) is 509 cm³/mol. The Balaban J connectivity index is 0.000000112. The van der Waals surface area contributed by atoms with Crippen LogP contribution in [0.1, 0.15) is 30.5 Å². The topological polar surface area (TPSA) is 79.4 Å². The molecule has 13 aromatic carbocycles. The lowest BCUT2D eigenvalue weighted by molar-refractivity contribution is 0.583. The summed E-state index contributed by atoms with van der Waals surface area (Å²) in [4.78, 5) is 27.5. The van der Waals surface area contributed by atoms with Crippen molar-refractivity contribution in [3.63, 3.8) is 0 Å². The van der Waals surface area contributed by atoms with Gasteiger partial charge in [-0.05, 0) is 177 Å². The smallest absolute Gasteiger partial charge is 0.158 e. The Kier molecular flexibility index (Phi) is 18.6. The first-order chi connectivity index (χ1) is 60.9. The third-order valence-corrected chi connectivity index (χ3v) is 25.2. The van der Waals surface area contributed by atoms with E-state index in [1.165, 1.54) is 116 Å². The molecule has 0 N–H and O–H groups in total. The third kappa shape index (κ3) is 12.8. The second kappa shape index (κ2) is 31.1. The van der Waals surface area contributed by atoms with Gasteiger partial charge < -0.3 is 23.7 Å². The summed E-state index contributed by atoms with van der Waals surface area (Å²) in [6.07, 6.45) is 7.33. The lowest BCUT2D eigenvalue weighted by Gasteiger charge is -2.37. The Bertz CT molecular complexity index is 7450. The summed E-state index contributed by atoms with van der Waals surface area (Å²) in [7, 11) is 0. The highest BCUT2D eigenvalue weighted by molar-refractivity contribution is 7.21. The molecule has 0 amide bonds. The molecule has 20 aromatic rings. The van der Waals surface area contributed by atoms with E-state index >= 15 is 0 Å². The molecule has 1 aliphatic carbocycles. The van der Waals surface area contributed by atoms with Crippen molar-refractivity contribution in [2.75, 3.05) is 14.7 Å². The molecule has 0 saturated carbocycles. The van der Waals surface area contributed by atoms with Crippen LogP contribution in [0.5, 0.6) is 0 Å². The highest BCUT2D eigenvalue weighted by atomic mass is 32.1. The van der Waals surface area contributed by atoms with Gasteiger partial charge in [-0.2, -0.15) is 0 Å². The first kappa shape index (κ1) is 73.5. The number of allylic oxidation sites excluding steroid dienone is 3. The Labute approximate surface area is 718 Å². The Morgan fingerprint density at radius 1 is 0.285 bits per heavy atom. The summed E-state index contributed by atoms with van der Waals surface area (Å²) in [5.74, 6) is 0.888. The maximum absolute atomic E-state index is 6.12. The third-order valence-electron chi connectivity index (χ3n) is 24.0. The molecule has 0 atom stereocenters. The molecule has 0 spiro atoms. The van der Waals surface area contributed by atoms with Crippen molar-refractivity contribution in [2.24, 2.45) is 5.41 Å². The molecule has 10 heteroatoms. The standard InChI is InChI=1S/C47H35N3.C34H22N2O.C32H21N3S/c1-47(2)45(34-18-7-4-8-19-34)43(33-16-5-3-6-17-33)44-38-22-10-9-20-36(38)37-21-11-12-26-42(37)50(46(44)47)35-29-27-32(28-30-35)39-24-15-25-41(49-39)40-23-13-14-31-48-40;1-2-10-23(11-3-1)35-31-17-9-7-14-27(31)29-22-24(18-19-32(29)35)36-30-16-8-6-13-26(30)25-12-4-5-15-28(25)34-33(36)20-21-37-34;1-2-12-22(13-3-1)35-28-19-7-6-15-24(28)23-14-4-5-16-25(23)29-30(26-17-8-10-20-33-26)31(36-32(29)35)27-18-9-11-21-34-27/h3-31H,1-2H3;1-22H;1-21H. The number of pyridine rings is 4. The molecular weight excluding hydrogens is 1520 g/mol. The number of anilines is 8. The molecule has 0 unspecified atom stereocenters. The SMILES string of the molecule is CC1(C)C(c2ccccc2)=C(c2ccccc2)C2=C1N(c1ccc(-c3cccc(-c4ccccn4)n3)cc1)c1ccccc1-c1ccccc12.c1ccc(-n2c3ccccc3c3cc(N4c5ccccc5-c5ccccc5-c5occc54)ccc32)cc1.c1ccc(N2c3ccccc3-c3ccccc3-c3c2sc(-c2ccccn2)c3-c2ccccn2)cc1. The number of nitrogens with zero attached hydrogens (tertiary/aromatic N) is 8. The number of para-hydroxylation sites is 6. The fourth-order valence-corrected chi connectivity index (χ4v) is 20.1. The monoisotopic (exact) mass is 1590 g/mol. The lowest BCUT2D eigenvalue weighted by Crippen LogP contribution is -2.28. The zero-order valence-corrected chi connectivity index (χ0v) is 68.3. The quantitative estimate of drug-likeness (QED) is 0.134. The molecule has 0 radical (unpaired) electrons. The second-order valence-electron chi connectivity index (χ2n) is 31.5. The maximum Gasteiger partial charge on any atom is 0.158 e. The van der Waals surface area contributed by atoms with Crippen molar-refractivity contribution >= 4 is 94.7 Å². The van der Waals surface area contributed by atoms with Gasteiger partial charge in [-0.1, -0.05) is 293 Å². The summed E-state index contributed by atoms with van der Waals surface area (Å²) >= 11 is 1.78. The van der Waals surface area contributed by atoms with Gasteiger partial charge in [0.1, 0.15) is 5.00 Å². The van der Waals surface area contributed by atoms with Gasteiger partial charge in [0.15, 0.2) is 5.76 Å². The lowest BCUT2D eigenvalue weighted by atomic mass is 9.78. The van der Waals surface area contributed by atoms with Gasteiger partial charge in [0.25, 0.3) is 0 Å². The van der Waals surface area contributed by atoms with Crippen LogP contribution in [0, 0.1) is 5.41 Å². The van der Waals surface area contributed by atoms with Crippen LogP contribution in [-0.2, 0) is 0 Å². The Hall–Kier alpha value is -15.9. The van der Waals surface area contributed by atoms with E-state index in [0.29, 0.717) is 0 Å². The summed E-state index contributed by atoms with van der Waals surface area (Å²) < 4.78 is 8.47. The number of hydrogen-bond acceptors (Lipinski definition) is 9. The number of fused-ring (bicyclic) bond motifs is 17. The first-order valence-electron chi connectivity index (χ1n) is 41.6. The summed E-state index contributed by atoms with van der Waals surface area (Å²) in [6.45, 7) is 4.79. The van der Waals surface area contributed by atoms with Gasteiger partial charge in [-0.15, -0.1) is 11.3 Å². The maximum atomic E-state index is 6.12. The van der Waals surface area contributed by atoms with E-state index in [0.717, 1.165) is 95.6 Å². The zero-order chi connectivity index (χ0) is 81.9. The van der Waals surface area contributed by atoms with E-state index in [4.69, 9.17) is 19.4 Å². The Morgan fingerprint density at radius 2 is 0.748 bits per heavy atom. The van der Waals surface area contributed by atoms with Crippen LogP contribution in [0.3, 0.4) is 0 Å². The van der Waals surface area contributed by atoms with Gasteiger partial charge in [-0.3, -0.25) is 15.0 Å². The van der Waals surface area contributed by atoms with E-state index < -0.39 is 0 Å². The summed E-state index contributed by atoms with van der Waals surface area (Å²) in [6, 6.07) is 146. The van der Waals surface area contributed by atoms with Crippen LogP contribution in [0.2, 0.25) is 0 Å². The molecule has 3 aliphatic heterocycles. The van der Waals surface area contributed by atoms with Crippen molar-refractivity contribution in [3.05, 3.63) is 460 Å².